The van der Waals surface area contributed by atoms with Gasteiger partial charge in [-0.05, 0) is 35.6 Å². The van der Waals surface area contributed by atoms with Crippen LogP contribution in [-0.4, -0.2) is 14.3 Å². The van der Waals surface area contributed by atoms with Crippen molar-refractivity contribution < 1.29 is 4.39 Å². The number of halogens is 1. The predicted molar refractivity (Wildman–Crippen MR) is 81.2 cm³/mol. The van der Waals surface area contributed by atoms with Gasteiger partial charge in [0.15, 0.2) is 4.83 Å². The maximum Gasteiger partial charge on any atom is 0.261 e. The zero-order chi connectivity index (χ0) is 14.8. The summed E-state index contributed by atoms with van der Waals surface area (Å²) in [7, 11) is 0. The molecule has 0 fully saturated rings. The van der Waals surface area contributed by atoms with Gasteiger partial charge in [0.2, 0.25) is 0 Å². The van der Waals surface area contributed by atoms with Crippen LogP contribution in [0.1, 0.15) is 30.4 Å². The number of aryl methyl sites for hydroxylation is 1. The second kappa shape index (κ2) is 5.73. The molecular weight excluding hydrogens is 289 g/mol. The van der Waals surface area contributed by atoms with Gasteiger partial charge in [0, 0.05) is 12.8 Å². The first-order valence-corrected chi connectivity index (χ1v) is 7.56. The van der Waals surface area contributed by atoms with Gasteiger partial charge in [0.1, 0.15) is 17.0 Å². The average Bonchev–Trinajstić information content (AvgIpc) is 2.85. The minimum atomic E-state index is -0.273. The summed E-state index contributed by atoms with van der Waals surface area (Å²) in [6.07, 6.45) is 2.17. The Hall–Kier alpha value is -2.08. The van der Waals surface area contributed by atoms with Gasteiger partial charge in [0.05, 0.1) is 5.69 Å². The largest absolute Gasteiger partial charge is 0.310 e. The minimum absolute atomic E-state index is 0.144. The number of nitrogens with zero attached hydrogens (tertiary/aromatic N) is 2. The van der Waals surface area contributed by atoms with Crippen LogP contribution in [0.2, 0.25) is 0 Å². The quantitative estimate of drug-likeness (QED) is 0.806. The van der Waals surface area contributed by atoms with Crippen molar-refractivity contribution in [2.45, 2.75) is 26.2 Å². The number of fused-ring (bicyclic) bond motifs is 1. The molecule has 4 nitrogen and oxygen atoms in total. The van der Waals surface area contributed by atoms with E-state index in [0.29, 0.717) is 28.2 Å². The molecule has 1 N–H and O–H groups in total. The molecule has 1 aromatic carbocycles. The van der Waals surface area contributed by atoms with Gasteiger partial charge in [-0.1, -0.05) is 19.1 Å². The molecule has 6 heteroatoms. The fourth-order valence-electron chi connectivity index (χ4n) is 2.23. The van der Waals surface area contributed by atoms with Crippen molar-refractivity contribution in [3.05, 3.63) is 57.5 Å². The Morgan fingerprint density at radius 2 is 2.05 bits per heavy atom. The number of rotatable bonds is 4. The molecule has 0 saturated heterocycles. The summed E-state index contributed by atoms with van der Waals surface area (Å²) in [6, 6.07) is 6.22. The third kappa shape index (κ3) is 2.85. The van der Waals surface area contributed by atoms with Gasteiger partial charge in [-0.3, -0.25) is 4.79 Å². The van der Waals surface area contributed by atoms with Crippen LogP contribution in [0.3, 0.4) is 0 Å². The molecule has 0 unspecified atom stereocenters. The Kier molecular flexibility index (Phi) is 3.79. The van der Waals surface area contributed by atoms with Crippen molar-refractivity contribution in [1.82, 2.24) is 14.3 Å². The Labute approximate surface area is 124 Å². The predicted octanol–water partition coefficient (Wildman–Crippen LogP) is 3.06. The van der Waals surface area contributed by atoms with Gasteiger partial charge < -0.3 is 4.98 Å². The summed E-state index contributed by atoms with van der Waals surface area (Å²) >= 11 is 1.24. The lowest BCUT2D eigenvalue weighted by Crippen LogP contribution is -2.12. The third-order valence-electron chi connectivity index (χ3n) is 3.24. The molecule has 0 aliphatic rings. The maximum absolute atomic E-state index is 12.9. The number of nitrogens with one attached hydrogen (secondary N) is 1. The highest BCUT2D eigenvalue weighted by Gasteiger charge is 2.13. The fraction of sp³-hybridized carbons (Fsp3) is 0.267. The molecule has 0 aliphatic carbocycles. The number of benzene rings is 1. The first-order valence-electron chi connectivity index (χ1n) is 6.79. The van der Waals surface area contributed by atoms with Crippen molar-refractivity contribution in [2.75, 3.05) is 0 Å². The lowest BCUT2D eigenvalue weighted by Gasteiger charge is -2.00. The monoisotopic (exact) mass is 303 g/mol. The highest BCUT2D eigenvalue weighted by Crippen LogP contribution is 2.20. The van der Waals surface area contributed by atoms with Crippen molar-refractivity contribution in [3.63, 3.8) is 0 Å². The molecule has 3 aromatic rings. The van der Waals surface area contributed by atoms with E-state index >= 15 is 0 Å². The molecular formula is C15H14FN3OS. The molecule has 0 radical (unpaired) electrons. The van der Waals surface area contributed by atoms with Crippen LogP contribution in [0.15, 0.2) is 29.1 Å². The van der Waals surface area contributed by atoms with E-state index in [2.05, 4.69) is 14.3 Å². The Morgan fingerprint density at radius 1 is 1.29 bits per heavy atom. The van der Waals surface area contributed by atoms with Crippen molar-refractivity contribution in [1.29, 1.82) is 0 Å². The van der Waals surface area contributed by atoms with Gasteiger partial charge in [-0.2, -0.15) is 4.37 Å². The zero-order valence-corrected chi connectivity index (χ0v) is 12.3. The number of hydrogen-bond acceptors (Lipinski definition) is 4. The van der Waals surface area contributed by atoms with Crippen LogP contribution in [-0.2, 0) is 12.8 Å². The number of aromatic amines is 1. The molecule has 2 aromatic heterocycles. The average molecular weight is 303 g/mol. The Balaban J connectivity index is 2.00. The van der Waals surface area contributed by atoms with E-state index in [1.54, 1.807) is 12.1 Å². The summed E-state index contributed by atoms with van der Waals surface area (Å²) in [5, 5.41) is 0.546. The lowest BCUT2D eigenvalue weighted by molar-refractivity contribution is 0.627. The minimum Gasteiger partial charge on any atom is -0.310 e. The smallest absolute Gasteiger partial charge is 0.261 e. The molecule has 21 heavy (non-hydrogen) atoms. The second-order valence-corrected chi connectivity index (χ2v) is 5.63. The summed E-state index contributed by atoms with van der Waals surface area (Å²) in [4.78, 5) is 20.1. The van der Waals surface area contributed by atoms with E-state index in [-0.39, 0.29) is 11.4 Å². The van der Waals surface area contributed by atoms with Gasteiger partial charge in [-0.15, -0.1) is 0 Å². The molecule has 0 spiro atoms. The lowest BCUT2D eigenvalue weighted by atomic mass is 10.1. The summed E-state index contributed by atoms with van der Waals surface area (Å²) in [5.74, 6) is 0.428. The standard InChI is InChI=1S/C15H14FN3OS/c1-2-3-12-17-14(20)13-11(19-21-15(13)18-12)8-9-4-6-10(16)7-5-9/h4-7H,2-3,8H2,1H3,(H,17,18,20). The molecule has 0 aliphatic heterocycles. The van der Waals surface area contributed by atoms with E-state index < -0.39 is 0 Å². The first kappa shape index (κ1) is 13.9. The SMILES string of the molecule is CCCc1nc2snc(Cc3ccc(F)cc3)c2c(=O)[nH]1. The number of H-pyrrole nitrogens is 1. The van der Waals surface area contributed by atoms with Crippen molar-refractivity contribution in [2.24, 2.45) is 0 Å². The molecule has 3 rings (SSSR count). The maximum atomic E-state index is 12.9. The second-order valence-electron chi connectivity index (χ2n) is 4.88. The van der Waals surface area contributed by atoms with Crippen LogP contribution >= 0.6 is 11.5 Å². The van der Waals surface area contributed by atoms with Crippen LogP contribution < -0.4 is 5.56 Å². The van der Waals surface area contributed by atoms with Gasteiger partial charge in [-0.25, -0.2) is 9.37 Å². The fourth-order valence-corrected chi connectivity index (χ4v) is 3.04. The Bertz CT molecular complexity index is 823. The van der Waals surface area contributed by atoms with Crippen molar-refractivity contribution >= 4 is 21.7 Å². The van der Waals surface area contributed by atoms with Crippen molar-refractivity contribution in [3.8, 4) is 0 Å². The highest BCUT2D eigenvalue weighted by atomic mass is 32.1. The summed E-state index contributed by atoms with van der Waals surface area (Å²) < 4.78 is 17.3. The van der Waals surface area contributed by atoms with E-state index in [9.17, 15) is 9.18 Å². The summed E-state index contributed by atoms with van der Waals surface area (Å²) in [6.45, 7) is 2.04. The van der Waals surface area contributed by atoms with Crippen LogP contribution in [0, 0.1) is 5.82 Å². The topological polar surface area (TPSA) is 58.6 Å². The molecule has 108 valence electrons. The third-order valence-corrected chi connectivity index (χ3v) is 4.02. The van der Waals surface area contributed by atoms with Crippen LogP contribution in [0.4, 0.5) is 4.39 Å². The van der Waals surface area contributed by atoms with Gasteiger partial charge in [0.25, 0.3) is 5.56 Å². The highest BCUT2D eigenvalue weighted by molar-refractivity contribution is 7.12. The molecule has 0 bridgehead atoms. The number of hydrogen-bond donors (Lipinski definition) is 1. The Morgan fingerprint density at radius 3 is 2.76 bits per heavy atom. The molecule has 0 saturated carbocycles. The zero-order valence-electron chi connectivity index (χ0n) is 11.5. The molecule has 0 amide bonds. The van der Waals surface area contributed by atoms with E-state index in [1.807, 2.05) is 6.92 Å². The van der Waals surface area contributed by atoms with Crippen LogP contribution in [0.25, 0.3) is 10.2 Å². The van der Waals surface area contributed by atoms with E-state index in [4.69, 9.17) is 0 Å². The van der Waals surface area contributed by atoms with E-state index in [0.717, 1.165) is 18.4 Å². The first-order chi connectivity index (χ1) is 10.2. The van der Waals surface area contributed by atoms with E-state index in [1.165, 1.54) is 23.7 Å². The molecule has 2 heterocycles. The normalized spacial score (nSPS) is 11.1. The number of aromatic nitrogens is 3. The van der Waals surface area contributed by atoms with Crippen LogP contribution in [0.5, 0.6) is 0 Å². The van der Waals surface area contributed by atoms with Gasteiger partial charge >= 0.3 is 0 Å². The molecule has 0 atom stereocenters. The summed E-state index contributed by atoms with van der Waals surface area (Å²) in [5.41, 5.74) is 1.47.